The SMILES string of the molecule is CC(Nc1cccc([N+](=O)[O-])c1)c1ccoc1. The standard InChI is InChI=1S/C12H12N2O3/c1-9(10-5-6-17-8-10)13-11-3-2-4-12(7-11)14(15)16/h2-9,13H,1H3. The molecule has 2 rings (SSSR count). The van der Waals surface area contributed by atoms with Crippen LogP contribution in [-0.4, -0.2) is 4.92 Å². The van der Waals surface area contributed by atoms with Gasteiger partial charge in [0.2, 0.25) is 0 Å². The molecule has 0 aliphatic carbocycles. The zero-order valence-electron chi connectivity index (χ0n) is 9.29. The van der Waals surface area contributed by atoms with Gasteiger partial charge in [-0.25, -0.2) is 0 Å². The molecule has 0 aliphatic rings. The second-order valence-electron chi connectivity index (χ2n) is 3.73. The van der Waals surface area contributed by atoms with E-state index in [0.717, 1.165) is 5.56 Å². The van der Waals surface area contributed by atoms with Crippen LogP contribution in [0, 0.1) is 10.1 Å². The van der Waals surface area contributed by atoms with Gasteiger partial charge in [-0.3, -0.25) is 10.1 Å². The van der Waals surface area contributed by atoms with Crippen LogP contribution in [0.4, 0.5) is 11.4 Å². The maximum absolute atomic E-state index is 10.6. The Labute approximate surface area is 98.2 Å². The number of nitrogens with zero attached hydrogens (tertiary/aromatic N) is 1. The van der Waals surface area contributed by atoms with Gasteiger partial charge in [-0.1, -0.05) is 6.07 Å². The van der Waals surface area contributed by atoms with E-state index in [1.807, 2.05) is 13.0 Å². The first-order chi connectivity index (χ1) is 8.16. The quantitative estimate of drug-likeness (QED) is 0.648. The summed E-state index contributed by atoms with van der Waals surface area (Å²) in [5.41, 5.74) is 1.79. The number of nitro groups is 1. The number of nitro benzene ring substituents is 1. The molecule has 0 aliphatic heterocycles. The van der Waals surface area contributed by atoms with Gasteiger partial charge in [0.15, 0.2) is 0 Å². The molecular formula is C12H12N2O3. The molecule has 2 aromatic rings. The summed E-state index contributed by atoms with van der Waals surface area (Å²) in [6.07, 6.45) is 3.25. The molecule has 0 spiro atoms. The van der Waals surface area contributed by atoms with Gasteiger partial charge in [-0.15, -0.1) is 0 Å². The van der Waals surface area contributed by atoms with Crippen molar-refractivity contribution in [2.24, 2.45) is 0 Å². The first kappa shape index (κ1) is 11.2. The van der Waals surface area contributed by atoms with E-state index >= 15 is 0 Å². The molecule has 0 fully saturated rings. The minimum Gasteiger partial charge on any atom is -0.472 e. The first-order valence-electron chi connectivity index (χ1n) is 5.20. The molecule has 1 aromatic heterocycles. The Morgan fingerprint density at radius 3 is 2.88 bits per heavy atom. The molecule has 0 amide bonds. The first-order valence-corrected chi connectivity index (χ1v) is 5.20. The van der Waals surface area contributed by atoms with Gasteiger partial charge in [0.1, 0.15) is 0 Å². The van der Waals surface area contributed by atoms with Crippen molar-refractivity contribution in [1.29, 1.82) is 0 Å². The zero-order valence-corrected chi connectivity index (χ0v) is 9.29. The van der Waals surface area contributed by atoms with E-state index < -0.39 is 4.92 Å². The second kappa shape index (κ2) is 4.69. The van der Waals surface area contributed by atoms with E-state index in [9.17, 15) is 10.1 Å². The Kier molecular flexibility index (Phi) is 3.09. The van der Waals surface area contributed by atoms with E-state index in [1.54, 1.807) is 24.7 Å². The molecule has 17 heavy (non-hydrogen) atoms. The highest BCUT2D eigenvalue weighted by atomic mass is 16.6. The molecule has 0 radical (unpaired) electrons. The fourth-order valence-electron chi connectivity index (χ4n) is 1.56. The van der Waals surface area contributed by atoms with Crippen LogP contribution in [0.3, 0.4) is 0 Å². The lowest BCUT2D eigenvalue weighted by molar-refractivity contribution is -0.384. The van der Waals surface area contributed by atoms with Gasteiger partial charge < -0.3 is 9.73 Å². The average Bonchev–Trinajstić information content (AvgIpc) is 2.82. The Morgan fingerprint density at radius 1 is 1.41 bits per heavy atom. The van der Waals surface area contributed by atoms with Crippen LogP contribution in [0.15, 0.2) is 47.3 Å². The fourth-order valence-corrected chi connectivity index (χ4v) is 1.56. The van der Waals surface area contributed by atoms with Gasteiger partial charge in [0.25, 0.3) is 5.69 Å². The Bertz CT molecular complexity index is 508. The zero-order chi connectivity index (χ0) is 12.3. The summed E-state index contributed by atoms with van der Waals surface area (Å²) in [5, 5.41) is 13.8. The number of hydrogen-bond donors (Lipinski definition) is 1. The van der Waals surface area contributed by atoms with E-state index in [1.165, 1.54) is 12.1 Å². The number of benzene rings is 1. The van der Waals surface area contributed by atoms with Crippen molar-refractivity contribution in [2.45, 2.75) is 13.0 Å². The molecular weight excluding hydrogens is 220 g/mol. The third kappa shape index (κ3) is 2.63. The molecule has 5 heteroatoms. The number of hydrogen-bond acceptors (Lipinski definition) is 4. The summed E-state index contributed by atoms with van der Waals surface area (Å²) in [6, 6.07) is 8.32. The maximum atomic E-state index is 10.6. The lowest BCUT2D eigenvalue weighted by Crippen LogP contribution is -2.05. The van der Waals surface area contributed by atoms with Crippen molar-refractivity contribution < 1.29 is 9.34 Å². The predicted molar refractivity (Wildman–Crippen MR) is 63.8 cm³/mol. The molecule has 0 saturated heterocycles. The lowest BCUT2D eigenvalue weighted by Gasteiger charge is -2.13. The van der Waals surface area contributed by atoms with Gasteiger partial charge >= 0.3 is 0 Å². The van der Waals surface area contributed by atoms with Crippen molar-refractivity contribution in [3.8, 4) is 0 Å². The van der Waals surface area contributed by atoms with Crippen LogP contribution < -0.4 is 5.32 Å². The van der Waals surface area contributed by atoms with Crippen molar-refractivity contribution in [3.63, 3.8) is 0 Å². The third-order valence-corrected chi connectivity index (χ3v) is 2.48. The summed E-state index contributed by atoms with van der Waals surface area (Å²) in [7, 11) is 0. The lowest BCUT2D eigenvalue weighted by atomic mass is 10.1. The van der Waals surface area contributed by atoms with Gasteiger partial charge in [-0.2, -0.15) is 0 Å². The molecule has 88 valence electrons. The Morgan fingerprint density at radius 2 is 2.24 bits per heavy atom. The summed E-state index contributed by atoms with van der Waals surface area (Å²) in [4.78, 5) is 10.2. The Hall–Kier alpha value is -2.30. The highest BCUT2D eigenvalue weighted by Crippen LogP contribution is 2.22. The van der Waals surface area contributed by atoms with Crippen LogP contribution in [0.2, 0.25) is 0 Å². The molecule has 1 unspecified atom stereocenters. The maximum Gasteiger partial charge on any atom is 0.271 e. The van der Waals surface area contributed by atoms with Gasteiger partial charge in [0, 0.05) is 23.4 Å². The largest absolute Gasteiger partial charge is 0.472 e. The summed E-state index contributed by atoms with van der Waals surface area (Å²) < 4.78 is 4.99. The Balaban J connectivity index is 2.13. The van der Waals surface area contributed by atoms with Crippen molar-refractivity contribution >= 4 is 11.4 Å². The molecule has 1 atom stereocenters. The van der Waals surface area contributed by atoms with Gasteiger partial charge in [-0.05, 0) is 19.1 Å². The summed E-state index contributed by atoms with van der Waals surface area (Å²) >= 11 is 0. The van der Waals surface area contributed by atoms with Crippen LogP contribution in [0.5, 0.6) is 0 Å². The van der Waals surface area contributed by atoms with Crippen LogP contribution in [-0.2, 0) is 0 Å². The van der Waals surface area contributed by atoms with Crippen molar-refractivity contribution in [2.75, 3.05) is 5.32 Å². The van der Waals surface area contributed by atoms with E-state index in [2.05, 4.69) is 5.32 Å². The van der Waals surface area contributed by atoms with Crippen LogP contribution in [0.25, 0.3) is 0 Å². The number of nitrogens with one attached hydrogen (secondary N) is 1. The number of furan rings is 1. The summed E-state index contributed by atoms with van der Waals surface area (Å²) in [6.45, 7) is 1.96. The van der Waals surface area contributed by atoms with Crippen LogP contribution in [0.1, 0.15) is 18.5 Å². The monoisotopic (exact) mass is 232 g/mol. The molecule has 0 saturated carbocycles. The minimum absolute atomic E-state index is 0.0377. The molecule has 0 bridgehead atoms. The molecule has 1 heterocycles. The van der Waals surface area contributed by atoms with Gasteiger partial charge in [0.05, 0.1) is 23.5 Å². The smallest absolute Gasteiger partial charge is 0.271 e. The van der Waals surface area contributed by atoms with E-state index in [0.29, 0.717) is 5.69 Å². The minimum atomic E-state index is -0.409. The normalized spacial score (nSPS) is 12.1. The predicted octanol–water partition coefficient (Wildman–Crippen LogP) is 3.36. The fraction of sp³-hybridized carbons (Fsp3) is 0.167. The van der Waals surface area contributed by atoms with E-state index in [4.69, 9.17) is 4.42 Å². The highest BCUT2D eigenvalue weighted by Gasteiger charge is 2.09. The third-order valence-electron chi connectivity index (χ3n) is 2.48. The molecule has 1 aromatic carbocycles. The summed E-state index contributed by atoms with van der Waals surface area (Å²) in [5.74, 6) is 0. The van der Waals surface area contributed by atoms with Crippen molar-refractivity contribution in [1.82, 2.24) is 0 Å². The average molecular weight is 232 g/mol. The topological polar surface area (TPSA) is 68.3 Å². The van der Waals surface area contributed by atoms with Crippen molar-refractivity contribution in [3.05, 3.63) is 58.5 Å². The van der Waals surface area contributed by atoms with E-state index in [-0.39, 0.29) is 11.7 Å². The highest BCUT2D eigenvalue weighted by molar-refractivity contribution is 5.52. The molecule has 1 N–H and O–H groups in total. The second-order valence-corrected chi connectivity index (χ2v) is 3.73. The number of anilines is 1. The van der Waals surface area contributed by atoms with Crippen LogP contribution >= 0.6 is 0 Å². The number of rotatable bonds is 4. The number of non-ortho nitro benzene ring substituents is 1. The molecule has 5 nitrogen and oxygen atoms in total.